The van der Waals surface area contributed by atoms with Gasteiger partial charge in [-0.1, -0.05) is 54.5 Å². The molecule has 5 nitrogen and oxygen atoms in total. The predicted molar refractivity (Wildman–Crippen MR) is 120 cm³/mol. The van der Waals surface area contributed by atoms with Gasteiger partial charge >= 0.3 is 6.18 Å². The van der Waals surface area contributed by atoms with Gasteiger partial charge in [-0.05, 0) is 37.5 Å². The normalized spacial score (nSPS) is 12.0. The van der Waals surface area contributed by atoms with Gasteiger partial charge in [0.05, 0.1) is 10.7 Å². The molecule has 0 saturated carbocycles. The van der Waals surface area contributed by atoms with Gasteiger partial charge in [0.15, 0.2) is 5.69 Å². The van der Waals surface area contributed by atoms with Gasteiger partial charge in [0.25, 0.3) is 5.91 Å². The average Bonchev–Trinajstić information content (AvgIpc) is 3.17. The van der Waals surface area contributed by atoms with Crippen LogP contribution in [0.3, 0.4) is 0 Å². The highest BCUT2D eigenvalue weighted by molar-refractivity contribution is 7.13. The van der Waals surface area contributed by atoms with Crippen LogP contribution in [0.15, 0.2) is 53.7 Å². The van der Waals surface area contributed by atoms with Gasteiger partial charge in [-0.2, -0.15) is 13.2 Å². The van der Waals surface area contributed by atoms with Crippen LogP contribution in [0.4, 0.5) is 18.9 Å². The van der Waals surface area contributed by atoms with Crippen molar-refractivity contribution in [1.82, 2.24) is 4.98 Å². The zero-order valence-corrected chi connectivity index (χ0v) is 18.6. The number of halogens is 3. The second-order valence-electron chi connectivity index (χ2n) is 7.00. The molecule has 0 fully saturated rings. The number of carbonyl (C=O) groups is 1. The zero-order chi connectivity index (χ0) is 23.3. The van der Waals surface area contributed by atoms with Crippen LogP contribution in [0.1, 0.15) is 46.2 Å². The summed E-state index contributed by atoms with van der Waals surface area (Å²) in [5.74, 6) is -0.844. The quantitative estimate of drug-likeness (QED) is 0.247. The Labute approximate surface area is 187 Å². The van der Waals surface area contributed by atoms with Crippen LogP contribution in [-0.2, 0) is 11.0 Å². The van der Waals surface area contributed by atoms with E-state index in [1.54, 1.807) is 24.3 Å². The molecule has 168 valence electrons. The van der Waals surface area contributed by atoms with Gasteiger partial charge in [-0.15, -0.1) is 11.3 Å². The molecule has 0 spiro atoms. The van der Waals surface area contributed by atoms with Gasteiger partial charge in [0.2, 0.25) is 0 Å². The zero-order valence-electron chi connectivity index (χ0n) is 17.8. The number of para-hydroxylation sites is 1. The van der Waals surface area contributed by atoms with E-state index in [1.807, 2.05) is 38.1 Å². The van der Waals surface area contributed by atoms with Crippen molar-refractivity contribution in [3.63, 3.8) is 0 Å². The third-order valence-electron chi connectivity index (χ3n) is 4.49. The number of rotatable bonds is 7. The summed E-state index contributed by atoms with van der Waals surface area (Å²) in [6.07, 6.45) is -3.84. The van der Waals surface area contributed by atoms with Crippen LogP contribution >= 0.6 is 11.3 Å². The third kappa shape index (κ3) is 5.53. The molecule has 0 aliphatic rings. The molecule has 0 bridgehead atoms. The van der Waals surface area contributed by atoms with Crippen molar-refractivity contribution < 1.29 is 22.8 Å². The molecule has 0 atom stereocenters. The summed E-state index contributed by atoms with van der Waals surface area (Å²) in [5.41, 5.74) is 2.32. The van der Waals surface area contributed by atoms with Gasteiger partial charge < -0.3 is 10.2 Å². The molecule has 1 aromatic heterocycles. The standard InChI is InChI=1S/C23H22F3N3O2S/c1-4-13-31-29-14(2)16-9-11-17(12-10-16)18-7-5-6-8-19(18)28-22(30)20-21(23(24,25)26)27-15(3)32-20/h5-12H,4,13H2,1-3H3,(H,28,30)/b29-14-. The van der Waals surface area contributed by atoms with Crippen molar-refractivity contribution in [2.24, 2.45) is 5.16 Å². The highest BCUT2D eigenvalue weighted by atomic mass is 32.1. The first-order valence-electron chi connectivity index (χ1n) is 9.93. The van der Waals surface area contributed by atoms with E-state index in [1.165, 1.54) is 6.92 Å². The number of nitrogens with one attached hydrogen (secondary N) is 1. The number of aromatic nitrogens is 1. The van der Waals surface area contributed by atoms with Gasteiger partial charge in [-0.25, -0.2) is 4.98 Å². The molecule has 9 heteroatoms. The Bertz CT molecular complexity index is 1120. The van der Waals surface area contributed by atoms with E-state index in [0.29, 0.717) is 29.2 Å². The number of hydrogen-bond acceptors (Lipinski definition) is 5. The average molecular weight is 462 g/mol. The highest BCUT2D eigenvalue weighted by Crippen LogP contribution is 2.35. The van der Waals surface area contributed by atoms with Gasteiger partial charge in [-0.3, -0.25) is 4.79 Å². The van der Waals surface area contributed by atoms with Gasteiger partial charge in [0, 0.05) is 11.3 Å². The number of oxime groups is 1. The minimum absolute atomic E-state index is 0.172. The number of nitrogens with zero attached hydrogens (tertiary/aromatic N) is 2. The van der Waals surface area contributed by atoms with E-state index in [0.717, 1.165) is 23.3 Å². The van der Waals surface area contributed by atoms with Crippen LogP contribution in [-0.4, -0.2) is 23.2 Å². The summed E-state index contributed by atoms with van der Waals surface area (Å²) in [7, 11) is 0. The topological polar surface area (TPSA) is 63.6 Å². The molecule has 1 heterocycles. The molecule has 3 rings (SSSR count). The fraction of sp³-hybridized carbons (Fsp3) is 0.261. The number of carbonyl (C=O) groups excluding carboxylic acids is 1. The van der Waals surface area contributed by atoms with Crippen molar-refractivity contribution >= 4 is 28.6 Å². The molecule has 0 aliphatic carbocycles. The predicted octanol–water partition coefficient (Wildman–Crippen LogP) is 6.54. The Morgan fingerprint density at radius 1 is 1.16 bits per heavy atom. The Morgan fingerprint density at radius 2 is 1.84 bits per heavy atom. The first-order chi connectivity index (χ1) is 15.2. The minimum Gasteiger partial charge on any atom is -0.396 e. The third-order valence-corrected chi connectivity index (χ3v) is 5.46. The van der Waals surface area contributed by atoms with Crippen molar-refractivity contribution in [2.45, 2.75) is 33.4 Å². The summed E-state index contributed by atoms with van der Waals surface area (Å²) < 4.78 is 39.8. The maximum atomic E-state index is 13.3. The SMILES string of the molecule is CCCO/N=C(/C)c1ccc(-c2ccccc2NC(=O)c2sc(C)nc2C(F)(F)F)cc1. The number of hydrogen-bond donors (Lipinski definition) is 1. The van der Waals surface area contributed by atoms with Crippen LogP contribution < -0.4 is 5.32 Å². The molecule has 0 aliphatic heterocycles. The molecular formula is C23H22F3N3O2S. The van der Waals surface area contributed by atoms with E-state index in [2.05, 4.69) is 15.5 Å². The number of anilines is 1. The maximum absolute atomic E-state index is 13.3. The maximum Gasteiger partial charge on any atom is 0.435 e. The van der Waals surface area contributed by atoms with Gasteiger partial charge in [0.1, 0.15) is 11.5 Å². The molecule has 1 amide bonds. The number of thiazole rings is 1. The van der Waals surface area contributed by atoms with Crippen molar-refractivity contribution in [3.05, 3.63) is 69.7 Å². The number of aryl methyl sites for hydroxylation is 1. The first-order valence-corrected chi connectivity index (χ1v) is 10.7. The van der Waals surface area contributed by atoms with Crippen LogP contribution in [0.5, 0.6) is 0 Å². The summed E-state index contributed by atoms with van der Waals surface area (Å²) in [6.45, 7) is 5.81. The first kappa shape index (κ1) is 23.5. The van der Waals surface area contributed by atoms with E-state index in [4.69, 9.17) is 4.84 Å². The monoisotopic (exact) mass is 461 g/mol. The second kappa shape index (κ2) is 9.95. The smallest absolute Gasteiger partial charge is 0.396 e. The Kier molecular flexibility index (Phi) is 7.29. The summed E-state index contributed by atoms with van der Waals surface area (Å²) in [6, 6.07) is 14.4. The Morgan fingerprint density at radius 3 is 2.50 bits per heavy atom. The molecule has 1 N–H and O–H groups in total. The van der Waals surface area contributed by atoms with E-state index in [-0.39, 0.29) is 5.01 Å². The summed E-state index contributed by atoms with van der Waals surface area (Å²) in [5, 5.41) is 6.85. The molecule has 3 aromatic rings. The lowest BCUT2D eigenvalue weighted by Gasteiger charge is -2.12. The van der Waals surface area contributed by atoms with Crippen LogP contribution in [0.2, 0.25) is 0 Å². The van der Waals surface area contributed by atoms with Crippen LogP contribution in [0, 0.1) is 6.92 Å². The molecule has 32 heavy (non-hydrogen) atoms. The fourth-order valence-electron chi connectivity index (χ4n) is 2.97. The number of benzene rings is 2. The molecule has 0 saturated heterocycles. The highest BCUT2D eigenvalue weighted by Gasteiger charge is 2.39. The van der Waals surface area contributed by atoms with E-state index in [9.17, 15) is 18.0 Å². The summed E-state index contributed by atoms with van der Waals surface area (Å²) >= 11 is 0.715. The van der Waals surface area contributed by atoms with Crippen molar-refractivity contribution in [3.8, 4) is 11.1 Å². The largest absolute Gasteiger partial charge is 0.435 e. The number of alkyl halides is 3. The lowest BCUT2D eigenvalue weighted by Crippen LogP contribution is -2.17. The van der Waals surface area contributed by atoms with E-state index < -0.39 is 22.7 Å². The molecule has 2 aromatic carbocycles. The van der Waals surface area contributed by atoms with Crippen LogP contribution in [0.25, 0.3) is 11.1 Å². The Hall–Kier alpha value is -3.20. The summed E-state index contributed by atoms with van der Waals surface area (Å²) in [4.78, 5) is 20.9. The minimum atomic E-state index is -4.70. The number of amides is 1. The lowest BCUT2D eigenvalue weighted by atomic mass is 10.0. The molecule has 0 unspecified atom stereocenters. The van der Waals surface area contributed by atoms with Crippen molar-refractivity contribution in [2.75, 3.05) is 11.9 Å². The molecular weight excluding hydrogens is 439 g/mol. The van der Waals surface area contributed by atoms with E-state index >= 15 is 0 Å². The second-order valence-corrected chi connectivity index (χ2v) is 8.20. The lowest BCUT2D eigenvalue weighted by molar-refractivity contribution is -0.141. The Balaban J connectivity index is 1.86. The molecule has 0 radical (unpaired) electrons. The fourth-order valence-corrected chi connectivity index (χ4v) is 3.81. The van der Waals surface area contributed by atoms with Crippen molar-refractivity contribution in [1.29, 1.82) is 0 Å².